The third-order valence-corrected chi connectivity index (χ3v) is 6.17. The molecule has 1 saturated carbocycles. The Morgan fingerprint density at radius 2 is 1.80 bits per heavy atom. The van der Waals surface area contributed by atoms with E-state index in [0.717, 1.165) is 24.3 Å². The molecule has 2 aromatic carbocycles. The van der Waals surface area contributed by atoms with Crippen molar-refractivity contribution in [2.24, 2.45) is 11.8 Å². The Morgan fingerprint density at radius 3 is 2.52 bits per heavy atom. The molecule has 0 amide bonds. The van der Waals surface area contributed by atoms with Crippen LogP contribution in [0.1, 0.15) is 59.9 Å². The Labute approximate surface area is 157 Å². The molecule has 2 aromatic rings. The van der Waals surface area contributed by atoms with E-state index in [4.69, 9.17) is 11.6 Å². The van der Waals surface area contributed by atoms with Crippen LogP contribution >= 0.6 is 11.6 Å². The Balaban J connectivity index is 1.83. The van der Waals surface area contributed by atoms with Crippen molar-refractivity contribution in [3.05, 3.63) is 69.2 Å². The van der Waals surface area contributed by atoms with Gasteiger partial charge in [0.05, 0.1) is 0 Å². The molecule has 0 heterocycles. The first-order valence-electron chi connectivity index (χ1n) is 9.41. The fraction of sp³-hybridized carbons (Fsp3) is 0.478. The van der Waals surface area contributed by atoms with Crippen molar-refractivity contribution in [2.45, 2.75) is 52.4 Å². The molecule has 134 valence electrons. The van der Waals surface area contributed by atoms with Gasteiger partial charge >= 0.3 is 0 Å². The van der Waals surface area contributed by atoms with E-state index in [9.17, 15) is 5.11 Å². The van der Waals surface area contributed by atoms with Crippen molar-refractivity contribution in [3.63, 3.8) is 0 Å². The first-order valence-corrected chi connectivity index (χ1v) is 9.79. The van der Waals surface area contributed by atoms with Crippen LogP contribution in [-0.4, -0.2) is 11.7 Å². The number of aliphatic hydroxyl groups excluding tert-OH is 1. The number of aliphatic hydroxyl groups is 1. The third-order valence-electron chi connectivity index (χ3n) is 5.81. The Hall–Kier alpha value is -1.31. The van der Waals surface area contributed by atoms with Gasteiger partial charge in [0.25, 0.3) is 0 Å². The van der Waals surface area contributed by atoms with Crippen molar-refractivity contribution in [3.8, 4) is 0 Å². The van der Waals surface area contributed by atoms with Crippen molar-refractivity contribution >= 4 is 11.6 Å². The number of halogens is 1. The average Bonchev–Trinajstić information content (AvgIpc) is 2.59. The number of benzene rings is 2. The van der Waals surface area contributed by atoms with Gasteiger partial charge in [-0.2, -0.15) is 0 Å². The zero-order valence-corrected chi connectivity index (χ0v) is 16.3. The summed E-state index contributed by atoms with van der Waals surface area (Å²) in [5, 5.41) is 10.4. The number of hydrogen-bond donors (Lipinski definition) is 1. The van der Waals surface area contributed by atoms with E-state index in [2.05, 4.69) is 57.2 Å². The molecule has 1 aliphatic rings. The lowest BCUT2D eigenvalue weighted by atomic mass is 9.73. The topological polar surface area (TPSA) is 20.2 Å². The van der Waals surface area contributed by atoms with Gasteiger partial charge in [0.1, 0.15) is 0 Å². The predicted molar refractivity (Wildman–Crippen MR) is 107 cm³/mol. The summed E-state index contributed by atoms with van der Waals surface area (Å²) in [4.78, 5) is 0. The zero-order valence-electron chi connectivity index (χ0n) is 15.6. The summed E-state index contributed by atoms with van der Waals surface area (Å²) in [5.74, 6) is 1.65. The highest BCUT2D eigenvalue weighted by atomic mass is 35.5. The summed E-state index contributed by atoms with van der Waals surface area (Å²) in [6.45, 7) is 6.93. The Bertz CT molecular complexity index is 737. The first-order chi connectivity index (χ1) is 12.0. The molecular formula is C23H29ClO. The zero-order chi connectivity index (χ0) is 18.0. The van der Waals surface area contributed by atoms with Gasteiger partial charge in [-0.1, -0.05) is 48.9 Å². The molecule has 0 aliphatic heterocycles. The van der Waals surface area contributed by atoms with Crippen molar-refractivity contribution in [1.29, 1.82) is 0 Å². The van der Waals surface area contributed by atoms with Gasteiger partial charge < -0.3 is 5.11 Å². The monoisotopic (exact) mass is 356 g/mol. The van der Waals surface area contributed by atoms with Gasteiger partial charge in [-0.15, -0.1) is 0 Å². The van der Waals surface area contributed by atoms with E-state index in [-0.39, 0.29) is 0 Å². The average molecular weight is 357 g/mol. The van der Waals surface area contributed by atoms with Gasteiger partial charge in [0.2, 0.25) is 0 Å². The standard InChI is InChI=1S/C23H29ClO/c1-15-8-19(14-25)12-21(9-15)20-6-7-23(24)22(13-20)11-18-5-4-16(2)17(3)10-18/h4-7,10,13,15,19,21,25H,8-9,11-12,14H2,1-3H3. The first kappa shape index (κ1) is 18.5. The lowest BCUT2D eigenvalue weighted by Crippen LogP contribution is -2.22. The highest BCUT2D eigenvalue weighted by molar-refractivity contribution is 6.31. The summed E-state index contributed by atoms with van der Waals surface area (Å²) < 4.78 is 0. The maximum absolute atomic E-state index is 9.59. The molecule has 0 saturated heterocycles. The maximum Gasteiger partial charge on any atom is 0.0459 e. The van der Waals surface area contributed by atoms with Crippen LogP contribution in [0.3, 0.4) is 0 Å². The van der Waals surface area contributed by atoms with Gasteiger partial charge in [-0.25, -0.2) is 0 Å². The lowest BCUT2D eigenvalue weighted by Gasteiger charge is -2.33. The summed E-state index contributed by atoms with van der Waals surface area (Å²) in [6, 6.07) is 13.2. The van der Waals surface area contributed by atoms with Crippen molar-refractivity contribution in [1.82, 2.24) is 0 Å². The molecule has 3 rings (SSSR count). The van der Waals surface area contributed by atoms with Gasteiger partial charge in [0, 0.05) is 11.6 Å². The molecule has 0 aromatic heterocycles. The Kier molecular flexibility index (Phi) is 5.86. The molecular weight excluding hydrogens is 328 g/mol. The van der Waals surface area contributed by atoms with Crippen LogP contribution in [0.25, 0.3) is 0 Å². The van der Waals surface area contributed by atoms with E-state index in [1.807, 2.05) is 0 Å². The normalized spacial score (nSPS) is 23.6. The van der Waals surface area contributed by atoms with E-state index in [1.54, 1.807) is 0 Å². The fourth-order valence-corrected chi connectivity index (χ4v) is 4.47. The smallest absolute Gasteiger partial charge is 0.0459 e. The molecule has 1 N–H and O–H groups in total. The highest BCUT2D eigenvalue weighted by Crippen LogP contribution is 2.40. The fourth-order valence-electron chi connectivity index (χ4n) is 4.28. The van der Waals surface area contributed by atoms with Crippen LogP contribution in [0, 0.1) is 25.7 Å². The second-order valence-corrected chi connectivity index (χ2v) is 8.41. The van der Waals surface area contributed by atoms with Gasteiger partial charge in [-0.3, -0.25) is 0 Å². The van der Waals surface area contributed by atoms with E-state index >= 15 is 0 Å². The molecule has 0 radical (unpaired) electrons. The van der Waals surface area contributed by atoms with Crippen molar-refractivity contribution in [2.75, 3.05) is 6.61 Å². The minimum atomic E-state index is 0.309. The van der Waals surface area contributed by atoms with Crippen LogP contribution in [0.4, 0.5) is 0 Å². The SMILES string of the molecule is Cc1ccc(Cc2cc(C3CC(C)CC(CO)C3)ccc2Cl)cc1C. The molecule has 1 aliphatic carbocycles. The molecule has 0 spiro atoms. The second-order valence-electron chi connectivity index (χ2n) is 8.00. The molecule has 1 fully saturated rings. The van der Waals surface area contributed by atoms with E-state index in [0.29, 0.717) is 24.4 Å². The predicted octanol–water partition coefficient (Wildman–Crippen LogP) is 6.06. The summed E-state index contributed by atoms with van der Waals surface area (Å²) in [5.41, 5.74) is 6.56. The van der Waals surface area contributed by atoms with Crippen LogP contribution in [0.2, 0.25) is 5.02 Å². The summed E-state index contributed by atoms with van der Waals surface area (Å²) in [7, 11) is 0. The molecule has 25 heavy (non-hydrogen) atoms. The maximum atomic E-state index is 9.59. The van der Waals surface area contributed by atoms with E-state index < -0.39 is 0 Å². The molecule has 3 atom stereocenters. The largest absolute Gasteiger partial charge is 0.396 e. The molecule has 0 bridgehead atoms. The van der Waals surface area contributed by atoms with Crippen molar-refractivity contribution < 1.29 is 5.11 Å². The number of hydrogen-bond acceptors (Lipinski definition) is 1. The molecule has 2 heteroatoms. The van der Waals surface area contributed by atoms with Crippen LogP contribution in [-0.2, 0) is 6.42 Å². The molecule has 1 nitrogen and oxygen atoms in total. The quantitative estimate of drug-likeness (QED) is 0.705. The van der Waals surface area contributed by atoms with Crippen LogP contribution < -0.4 is 0 Å². The van der Waals surface area contributed by atoms with Gasteiger partial charge in [0.15, 0.2) is 0 Å². The highest BCUT2D eigenvalue weighted by Gasteiger charge is 2.27. The number of aryl methyl sites for hydroxylation is 2. The minimum absolute atomic E-state index is 0.309. The minimum Gasteiger partial charge on any atom is -0.396 e. The van der Waals surface area contributed by atoms with Crippen LogP contribution in [0.15, 0.2) is 36.4 Å². The van der Waals surface area contributed by atoms with Crippen LogP contribution in [0.5, 0.6) is 0 Å². The lowest BCUT2D eigenvalue weighted by molar-refractivity contribution is 0.154. The van der Waals surface area contributed by atoms with Gasteiger partial charge in [-0.05, 0) is 91.2 Å². The van der Waals surface area contributed by atoms with E-state index in [1.165, 1.54) is 34.2 Å². The number of rotatable bonds is 4. The molecule has 3 unspecified atom stereocenters. The third kappa shape index (κ3) is 4.46. The second kappa shape index (κ2) is 7.93. The Morgan fingerprint density at radius 1 is 1.00 bits per heavy atom. The summed E-state index contributed by atoms with van der Waals surface area (Å²) in [6.07, 6.45) is 4.32. The summed E-state index contributed by atoms with van der Waals surface area (Å²) >= 11 is 6.50.